The molecular weight excluding hydrogens is 325 g/mol. The Hall–Kier alpha value is -1.31. The van der Waals surface area contributed by atoms with Crippen molar-refractivity contribution >= 4 is 27.7 Å². The van der Waals surface area contributed by atoms with Crippen molar-refractivity contribution in [1.29, 1.82) is 5.26 Å². The number of hydrogen-bond donors (Lipinski definition) is 0. The van der Waals surface area contributed by atoms with Crippen molar-refractivity contribution in [3.05, 3.63) is 69.4 Å². The number of halogens is 2. The van der Waals surface area contributed by atoms with E-state index in [4.69, 9.17) is 5.26 Å². The summed E-state index contributed by atoms with van der Waals surface area (Å²) in [5.41, 5.74) is 2.44. The molecule has 0 spiro atoms. The summed E-state index contributed by atoms with van der Waals surface area (Å²) in [7, 11) is 0. The van der Waals surface area contributed by atoms with E-state index in [0.717, 1.165) is 15.8 Å². The Balaban J connectivity index is 1.94. The molecule has 2 aromatic rings. The molecule has 0 heterocycles. The van der Waals surface area contributed by atoms with Crippen molar-refractivity contribution in [3.8, 4) is 6.07 Å². The van der Waals surface area contributed by atoms with Crippen LogP contribution in [0, 0.1) is 17.1 Å². The molecule has 4 heteroatoms. The Labute approximate surface area is 124 Å². The average Bonchev–Trinajstić information content (AvgIpc) is 2.41. The minimum absolute atomic E-state index is 0.187. The minimum atomic E-state index is -0.187. The first-order valence-electron chi connectivity index (χ1n) is 5.70. The first-order chi connectivity index (χ1) is 9.19. The van der Waals surface area contributed by atoms with Crippen molar-refractivity contribution in [2.24, 2.45) is 0 Å². The maximum atomic E-state index is 13.6. The molecule has 2 rings (SSSR count). The van der Waals surface area contributed by atoms with E-state index < -0.39 is 0 Å². The normalized spacial score (nSPS) is 10.2. The summed E-state index contributed by atoms with van der Waals surface area (Å²) in [6.07, 6.45) is 0. The lowest BCUT2D eigenvalue weighted by molar-refractivity contribution is 0.616. The van der Waals surface area contributed by atoms with Crippen molar-refractivity contribution in [2.45, 2.75) is 11.5 Å². The predicted octanol–water partition coefficient (Wildman–Crippen LogP) is 4.89. The molecule has 0 atom stereocenters. The van der Waals surface area contributed by atoms with Gasteiger partial charge in [0.2, 0.25) is 0 Å². The van der Waals surface area contributed by atoms with Gasteiger partial charge in [-0.1, -0.05) is 34.1 Å². The number of rotatable bonds is 4. The Morgan fingerprint density at radius 1 is 1.16 bits per heavy atom. The summed E-state index contributed by atoms with van der Waals surface area (Å²) in [4.78, 5) is 0. The quantitative estimate of drug-likeness (QED) is 0.793. The number of thioether (sulfide) groups is 1. The zero-order chi connectivity index (χ0) is 13.7. The fourth-order valence-electron chi connectivity index (χ4n) is 1.65. The Kier molecular flexibility index (Phi) is 5.00. The average molecular weight is 336 g/mol. The summed E-state index contributed by atoms with van der Waals surface area (Å²) in [6, 6.07) is 14.7. The van der Waals surface area contributed by atoms with Crippen LogP contribution in [-0.2, 0) is 11.5 Å². The molecule has 1 nitrogen and oxygen atoms in total. The SMILES string of the molecule is N#Cc1cccc(CSCc2ccc(Br)cc2F)c1. The van der Waals surface area contributed by atoms with Gasteiger partial charge in [-0.05, 0) is 35.4 Å². The summed E-state index contributed by atoms with van der Waals surface area (Å²) >= 11 is 4.87. The third-order valence-electron chi connectivity index (χ3n) is 2.60. The second-order valence-corrected chi connectivity index (χ2v) is 5.94. The summed E-state index contributed by atoms with van der Waals surface area (Å²) < 4.78 is 14.4. The number of hydrogen-bond acceptors (Lipinski definition) is 2. The van der Waals surface area contributed by atoms with Crippen LogP contribution in [-0.4, -0.2) is 0 Å². The highest BCUT2D eigenvalue weighted by Crippen LogP contribution is 2.22. The lowest BCUT2D eigenvalue weighted by Crippen LogP contribution is -1.89. The topological polar surface area (TPSA) is 23.8 Å². The van der Waals surface area contributed by atoms with E-state index in [0.29, 0.717) is 16.9 Å². The van der Waals surface area contributed by atoms with Crippen molar-refractivity contribution < 1.29 is 4.39 Å². The second-order valence-electron chi connectivity index (χ2n) is 4.04. The maximum absolute atomic E-state index is 13.6. The van der Waals surface area contributed by atoms with Crippen molar-refractivity contribution in [3.63, 3.8) is 0 Å². The molecular formula is C15H11BrFNS. The largest absolute Gasteiger partial charge is 0.207 e. The van der Waals surface area contributed by atoms with Gasteiger partial charge in [-0.3, -0.25) is 0 Å². The third kappa shape index (κ3) is 4.09. The van der Waals surface area contributed by atoms with Crippen LogP contribution in [0.25, 0.3) is 0 Å². The number of benzene rings is 2. The van der Waals surface area contributed by atoms with Gasteiger partial charge in [-0.15, -0.1) is 0 Å². The fourth-order valence-corrected chi connectivity index (χ4v) is 2.95. The molecule has 0 N–H and O–H groups in total. The summed E-state index contributed by atoms with van der Waals surface area (Å²) in [6.45, 7) is 0. The zero-order valence-electron chi connectivity index (χ0n) is 10.1. The molecule has 0 aliphatic rings. The molecule has 19 heavy (non-hydrogen) atoms. The highest BCUT2D eigenvalue weighted by molar-refractivity contribution is 9.10. The van der Waals surface area contributed by atoms with Crippen LogP contribution in [0.1, 0.15) is 16.7 Å². The summed E-state index contributed by atoms with van der Waals surface area (Å²) in [5, 5.41) is 8.82. The first-order valence-corrected chi connectivity index (χ1v) is 7.64. The van der Waals surface area contributed by atoms with Gasteiger partial charge in [0.25, 0.3) is 0 Å². The molecule has 0 bridgehead atoms. The molecule has 96 valence electrons. The lowest BCUT2D eigenvalue weighted by Gasteiger charge is -2.04. The van der Waals surface area contributed by atoms with Gasteiger partial charge in [0.15, 0.2) is 0 Å². The van der Waals surface area contributed by atoms with E-state index in [-0.39, 0.29) is 5.82 Å². The smallest absolute Gasteiger partial charge is 0.128 e. The molecule has 0 saturated carbocycles. The zero-order valence-corrected chi connectivity index (χ0v) is 12.5. The predicted molar refractivity (Wildman–Crippen MR) is 80.3 cm³/mol. The Bertz CT molecular complexity index is 622. The van der Waals surface area contributed by atoms with Gasteiger partial charge in [-0.2, -0.15) is 17.0 Å². The van der Waals surface area contributed by atoms with Gasteiger partial charge < -0.3 is 0 Å². The van der Waals surface area contributed by atoms with Crippen molar-refractivity contribution in [2.75, 3.05) is 0 Å². The molecule has 0 aromatic heterocycles. The Morgan fingerprint density at radius 2 is 2.00 bits per heavy atom. The van der Waals surface area contributed by atoms with Gasteiger partial charge in [0.05, 0.1) is 11.6 Å². The van der Waals surface area contributed by atoms with Gasteiger partial charge in [-0.25, -0.2) is 4.39 Å². The van der Waals surface area contributed by atoms with E-state index in [9.17, 15) is 4.39 Å². The van der Waals surface area contributed by atoms with Crippen LogP contribution >= 0.6 is 27.7 Å². The van der Waals surface area contributed by atoms with Crippen LogP contribution in [0.2, 0.25) is 0 Å². The van der Waals surface area contributed by atoms with E-state index in [1.165, 1.54) is 6.07 Å². The maximum Gasteiger partial charge on any atom is 0.128 e. The van der Waals surface area contributed by atoms with E-state index in [2.05, 4.69) is 22.0 Å². The van der Waals surface area contributed by atoms with Gasteiger partial charge in [0, 0.05) is 16.0 Å². The molecule has 2 aromatic carbocycles. The first kappa shape index (κ1) is 14.1. The molecule has 0 aliphatic carbocycles. The number of nitrogens with zero attached hydrogens (tertiary/aromatic N) is 1. The van der Waals surface area contributed by atoms with E-state index in [1.54, 1.807) is 23.9 Å². The monoisotopic (exact) mass is 335 g/mol. The lowest BCUT2D eigenvalue weighted by atomic mass is 10.2. The highest BCUT2D eigenvalue weighted by atomic mass is 79.9. The minimum Gasteiger partial charge on any atom is -0.207 e. The Morgan fingerprint density at radius 3 is 2.74 bits per heavy atom. The van der Waals surface area contributed by atoms with Crippen molar-refractivity contribution in [1.82, 2.24) is 0 Å². The van der Waals surface area contributed by atoms with Gasteiger partial charge in [0.1, 0.15) is 5.82 Å². The summed E-state index contributed by atoms with van der Waals surface area (Å²) in [5.74, 6) is 1.20. The van der Waals surface area contributed by atoms with E-state index in [1.807, 2.05) is 24.3 Å². The van der Waals surface area contributed by atoms with Crippen LogP contribution in [0.3, 0.4) is 0 Å². The highest BCUT2D eigenvalue weighted by Gasteiger charge is 2.03. The molecule has 0 amide bonds. The molecule has 0 radical (unpaired) electrons. The van der Waals surface area contributed by atoms with Crippen LogP contribution in [0.4, 0.5) is 4.39 Å². The van der Waals surface area contributed by atoms with Gasteiger partial charge >= 0.3 is 0 Å². The van der Waals surface area contributed by atoms with Crippen LogP contribution in [0.15, 0.2) is 46.9 Å². The molecule has 0 aliphatic heterocycles. The standard InChI is InChI=1S/C15H11BrFNS/c16-14-5-4-13(15(17)7-14)10-19-9-12-3-1-2-11(6-12)8-18/h1-7H,9-10H2. The van der Waals surface area contributed by atoms with Crippen LogP contribution in [0.5, 0.6) is 0 Å². The molecule has 0 unspecified atom stereocenters. The van der Waals surface area contributed by atoms with E-state index >= 15 is 0 Å². The third-order valence-corrected chi connectivity index (χ3v) is 4.14. The number of nitriles is 1. The van der Waals surface area contributed by atoms with Crippen LogP contribution < -0.4 is 0 Å². The molecule has 0 saturated heterocycles. The second kappa shape index (κ2) is 6.74. The molecule has 0 fully saturated rings. The fraction of sp³-hybridized carbons (Fsp3) is 0.133.